The minimum atomic E-state index is -0.109. The van der Waals surface area contributed by atoms with Crippen LogP contribution >= 0.6 is 0 Å². The van der Waals surface area contributed by atoms with E-state index in [0.717, 1.165) is 28.3 Å². The molecular weight excluding hydrogens is 314 g/mol. The van der Waals surface area contributed by atoms with E-state index < -0.39 is 0 Å². The molecule has 2 aromatic carbocycles. The van der Waals surface area contributed by atoms with Gasteiger partial charge in [0.15, 0.2) is 5.82 Å². The fourth-order valence-electron chi connectivity index (χ4n) is 2.71. The summed E-state index contributed by atoms with van der Waals surface area (Å²) >= 11 is 0. The van der Waals surface area contributed by atoms with Crippen LogP contribution in [0.25, 0.3) is 5.69 Å². The molecule has 1 amide bonds. The molecule has 1 aromatic heterocycles. The number of methoxy groups -OCH3 is 1. The minimum Gasteiger partial charge on any atom is -0.497 e. The number of carbonyl (C=O) groups is 1. The number of amides is 1. The van der Waals surface area contributed by atoms with Gasteiger partial charge in [-0.3, -0.25) is 4.79 Å². The molecule has 128 valence electrons. The van der Waals surface area contributed by atoms with Crippen LogP contribution in [0.15, 0.2) is 54.6 Å². The molecule has 0 aliphatic rings. The molecule has 3 aromatic rings. The number of aromatic nitrogens is 2. The fourth-order valence-corrected chi connectivity index (χ4v) is 2.71. The summed E-state index contributed by atoms with van der Waals surface area (Å²) in [7, 11) is 1.61. The molecule has 0 atom stereocenters. The molecule has 1 heterocycles. The Morgan fingerprint density at radius 2 is 1.92 bits per heavy atom. The summed E-state index contributed by atoms with van der Waals surface area (Å²) < 4.78 is 7.01. The Hall–Kier alpha value is -3.08. The fraction of sp³-hybridized carbons (Fsp3) is 0.200. The molecule has 5 heteroatoms. The number of hydrogen-bond acceptors (Lipinski definition) is 3. The SMILES string of the molecule is COc1cccc(CC(=O)Nc2cc(C)n(-c3cccc(C)c3)n2)c1. The highest BCUT2D eigenvalue weighted by Crippen LogP contribution is 2.17. The molecule has 0 aliphatic carbocycles. The third kappa shape index (κ3) is 4.07. The zero-order valence-corrected chi connectivity index (χ0v) is 14.6. The summed E-state index contributed by atoms with van der Waals surface area (Å²) in [5.41, 5.74) is 4.00. The van der Waals surface area contributed by atoms with E-state index >= 15 is 0 Å². The first-order valence-electron chi connectivity index (χ1n) is 8.11. The van der Waals surface area contributed by atoms with Crippen molar-refractivity contribution in [2.24, 2.45) is 0 Å². The molecule has 0 saturated heterocycles. The van der Waals surface area contributed by atoms with Crippen LogP contribution in [-0.2, 0) is 11.2 Å². The van der Waals surface area contributed by atoms with Gasteiger partial charge in [-0.25, -0.2) is 4.68 Å². The maximum absolute atomic E-state index is 12.3. The van der Waals surface area contributed by atoms with Crippen LogP contribution in [0.2, 0.25) is 0 Å². The van der Waals surface area contributed by atoms with E-state index in [2.05, 4.69) is 16.5 Å². The second-order valence-electron chi connectivity index (χ2n) is 6.00. The van der Waals surface area contributed by atoms with Gasteiger partial charge in [-0.1, -0.05) is 24.3 Å². The quantitative estimate of drug-likeness (QED) is 0.774. The molecular formula is C20H21N3O2. The lowest BCUT2D eigenvalue weighted by Crippen LogP contribution is -2.15. The Bertz CT molecular complexity index is 899. The van der Waals surface area contributed by atoms with Crippen molar-refractivity contribution in [3.05, 3.63) is 71.4 Å². The number of aryl methyl sites for hydroxylation is 2. The molecule has 0 fully saturated rings. The van der Waals surface area contributed by atoms with E-state index in [0.29, 0.717) is 5.82 Å². The van der Waals surface area contributed by atoms with Crippen LogP contribution in [0.1, 0.15) is 16.8 Å². The number of nitrogens with one attached hydrogen (secondary N) is 1. The second kappa shape index (κ2) is 7.21. The number of hydrogen-bond donors (Lipinski definition) is 1. The summed E-state index contributed by atoms with van der Waals surface area (Å²) in [6, 6.07) is 17.4. The van der Waals surface area contributed by atoms with Gasteiger partial charge in [-0.15, -0.1) is 5.10 Å². The van der Waals surface area contributed by atoms with E-state index in [4.69, 9.17) is 4.74 Å². The smallest absolute Gasteiger partial charge is 0.229 e. The van der Waals surface area contributed by atoms with Crippen LogP contribution in [0.4, 0.5) is 5.82 Å². The third-order valence-corrected chi connectivity index (χ3v) is 3.90. The molecule has 0 unspecified atom stereocenters. The van der Waals surface area contributed by atoms with Crippen LogP contribution in [0.3, 0.4) is 0 Å². The van der Waals surface area contributed by atoms with E-state index in [9.17, 15) is 4.79 Å². The number of rotatable bonds is 5. The molecule has 5 nitrogen and oxygen atoms in total. The molecule has 0 saturated carbocycles. The number of benzene rings is 2. The van der Waals surface area contributed by atoms with E-state index in [1.54, 1.807) is 7.11 Å². The predicted molar refractivity (Wildman–Crippen MR) is 98.4 cm³/mol. The summed E-state index contributed by atoms with van der Waals surface area (Å²) in [6.45, 7) is 4.01. The van der Waals surface area contributed by atoms with Gasteiger partial charge < -0.3 is 10.1 Å². The molecule has 25 heavy (non-hydrogen) atoms. The summed E-state index contributed by atoms with van der Waals surface area (Å²) in [5.74, 6) is 1.18. The van der Waals surface area contributed by atoms with Crippen molar-refractivity contribution < 1.29 is 9.53 Å². The number of ether oxygens (including phenoxy) is 1. The van der Waals surface area contributed by atoms with Gasteiger partial charge >= 0.3 is 0 Å². The lowest BCUT2D eigenvalue weighted by molar-refractivity contribution is -0.115. The summed E-state index contributed by atoms with van der Waals surface area (Å²) in [5, 5.41) is 7.36. The maximum atomic E-state index is 12.3. The number of anilines is 1. The van der Waals surface area contributed by atoms with Crippen LogP contribution < -0.4 is 10.1 Å². The Kier molecular flexibility index (Phi) is 4.84. The Labute approximate surface area is 147 Å². The van der Waals surface area contributed by atoms with Gasteiger partial charge in [-0.2, -0.15) is 0 Å². The highest BCUT2D eigenvalue weighted by molar-refractivity contribution is 5.91. The Balaban J connectivity index is 1.73. The zero-order valence-electron chi connectivity index (χ0n) is 14.6. The Morgan fingerprint density at radius 3 is 2.68 bits per heavy atom. The number of nitrogens with zero attached hydrogens (tertiary/aromatic N) is 2. The summed E-state index contributed by atoms with van der Waals surface area (Å²) in [6.07, 6.45) is 0.271. The molecule has 0 radical (unpaired) electrons. The van der Waals surface area contributed by atoms with Gasteiger partial charge in [0.05, 0.1) is 19.2 Å². The van der Waals surface area contributed by atoms with Gasteiger partial charge in [0.25, 0.3) is 0 Å². The largest absolute Gasteiger partial charge is 0.497 e. The zero-order chi connectivity index (χ0) is 17.8. The van der Waals surface area contributed by atoms with E-state index in [-0.39, 0.29) is 12.3 Å². The van der Waals surface area contributed by atoms with Gasteiger partial charge in [0.1, 0.15) is 5.75 Å². The first-order chi connectivity index (χ1) is 12.0. The van der Waals surface area contributed by atoms with Crippen molar-refractivity contribution in [3.8, 4) is 11.4 Å². The topological polar surface area (TPSA) is 56.1 Å². The lowest BCUT2D eigenvalue weighted by atomic mass is 10.1. The van der Waals surface area contributed by atoms with E-state index in [1.807, 2.05) is 67.1 Å². The van der Waals surface area contributed by atoms with Gasteiger partial charge in [0, 0.05) is 11.8 Å². The number of carbonyl (C=O) groups excluding carboxylic acids is 1. The molecule has 1 N–H and O–H groups in total. The standard InChI is InChI=1S/C20H21N3O2/c1-14-6-4-8-17(10-14)23-15(2)11-19(22-23)21-20(24)13-16-7-5-9-18(12-16)25-3/h4-12H,13H2,1-3H3,(H,21,22,24). The van der Waals surface area contributed by atoms with Crippen molar-refractivity contribution in [2.45, 2.75) is 20.3 Å². The molecule has 0 bridgehead atoms. The monoisotopic (exact) mass is 335 g/mol. The van der Waals surface area contributed by atoms with Gasteiger partial charge in [-0.05, 0) is 49.2 Å². The first-order valence-corrected chi connectivity index (χ1v) is 8.11. The molecule has 3 rings (SSSR count). The highest BCUT2D eigenvalue weighted by Gasteiger charge is 2.10. The van der Waals surface area contributed by atoms with Crippen molar-refractivity contribution >= 4 is 11.7 Å². The summed E-state index contributed by atoms with van der Waals surface area (Å²) in [4.78, 5) is 12.3. The van der Waals surface area contributed by atoms with E-state index in [1.165, 1.54) is 0 Å². The average molecular weight is 335 g/mol. The van der Waals surface area contributed by atoms with Crippen molar-refractivity contribution in [2.75, 3.05) is 12.4 Å². The minimum absolute atomic E-state index is 0.109. The van der Waals surface area contributed by atoms with Gasteiger partial charge in [0.2, 0.25) is 5.91 Å². The predicted octanol–water partition coefficient (Wildman–Crippen LogP) is 3.68. The Morgan fingerprint density at radius 1 is 1.12 bits per heavy atom. The van der Waals surface area contributed by atoms with Crippen molar-refractivity contribution in [1.82, 2.24) is 9.78 Å². The van der Waals surface area contributed by atoms with Crippen LogP contribution in [-0.4, -0.2) is 22.8 Å². The van der Waals surface area contributed by atoms with Crippen molar-refractivity contribution in [1.29, 1.82) is 0 Å². The second-order valence-corrected chi connectivity index (χ2v) is 6.00. The van der Waals surface area contributed by atoms with Crippen LogP contribution in [0.5, 0.6) is 5.75 Å². The lowest BCUT2D eigenvalue weighted by Gasteiger charge is -2.06. The maximum Gasteiger partial charge on any atom is 0.229 e. The first kappa shape index (κ1) is 16.8. The highest BCUT2D eigenvalue weighted by atomic mass is 16.5. The molecule has 0 spiro atoms. The van der Waals surface area contributed by atoms with Crippen molar-refractivity contribution in [3.63, 3.8) is 0 Å². The molecule has 0 aliphatic heterocycles. The average Bonchev–Trinajstić information content (AvgIpc) is 2.95. The normalized spacial score (nSPS) is 10.5. The third-order valence-electron chi connectivity index (χ3n) is 3.90. The van der Waals surface area contributed by atoms with Crippen LogP contribution in [0, 0.1) is 13.8 Å².